The zero-order chi connectivity index (χ0) is 17.6. The molecule has 2 aromatic carbocycles. The summed E-state index contributed by atoms with van der Waals surface area (Å²) in [6, 6.07) is 10.3. The van der Waals surface area contributed by atoms with Gasteiger partial charge in [-0.1, -0.05) is 18.2 Å². The molecule has 8 heteroatoms. The molecule has 5 nitrogen and oxygen atoms in total. The fraction of sp³-hybridized carbons (Fsp3) is 0.188. The predicted octanol–water partition coefficient (Wildman–Crippen LogP) is 1.60. The second-order valence-electron chi connectivity index (χ2n) is 5.01. The maximum atomic E-state index is 13.1. The molecule has 128 valence electrons. The van der Waals surface area contributed by atoms with Crippen molar-refractivity contribution in [1.29, 1.82) is 0 Å². The average molecular weight is 354 g/mol. The quantitative estimate of drug-likeness (QED) is 0.742. The van der Waals surface area contributed by atoms with Crippen molar-refractivity contribution in [1.82, 2.24) is 10.0 Å². The number of rotatable bonds is 7. The van der Waals surface area contributed by atoms with Gasteiger partial charge in [0.05, 0.1) is 11.3 Å². The van der Waals surface area contributed by atoms with Crippen molar-refractivity contribution in [2.45, 2.75) is 11.3 Å². The van der Waals surface area contributed by atoms with Crippen molar-refractivity contribution in [2.24, 2.45) is 0 Å². The van der Waals surface area contributed by atoms with E-state index in [-0.39, 0.29) is 30.3 Å². The lowest BCUT2D eigenvalue weighted by Crippen LogP contribution is -2.35. The van der Waals surface area contributed by atoms with Gasteiger partial charge >= 0.3 is 0 Å². The molecule has 0 aliphatic rings. The van der Waals surface area contributed by atoms with Gasteiger partial charge in [0.25, 0.3) is 0 Å². The molecule has 24 heavy (non-hydrogen) atoms. The van der Waals surface area contributed by atoms with E-state index in [1.807, 2.05) is 0 Å². The van der Waals surface area contributed by atoms with Gasteiger partial charge in [-0.25, -0.2) is 21.9 Å². The highest BCUT2D eigenvalue weighted by Gasteiger charge is 2.14. The largest absolute Gasteiger partial charge is 0.355 e. The van der Waals surface area contributed by atoms with Gasteiger partial charge in [-0.05, 0) is 35.9 Å². The van der Waals surface area contributed by atoms with E-state index in [0.29, 0.717) is 5.56 Å². The Kier molecular flexibility index (Phi) is 5.99. The number of hydrogen-bond donors (Lipinski definition) is 2. The van der Waals surface area contributed by atoms with Crippen LogP contribution in [0.1, 0.15) is 5.56 Å². The summed E-state index contributed by atoms with van der Waals surface area (Å²) in [5, 5.41) is 2.52. The Balaban J connectivity index is 1.79. The summed E-state index contributed by atoms with van der Waals surface area (Å²) in [7, 11) is -3.84. The van der Waals surface area contributed by atoms with Crippen LogP contribution in [-0.2, 0) is 21.2 Å². The minimum Gasteiger partial charge on any atom is -0.355 e. The molecule has 0 saturated heterocycles. The molecule has 2 N–H and O–H groups in total. The van der Waals surface area contributed by atoms with Crippen LogP contribution in [0.3, 0.4) is 0 Å². The summed E-state index contributed by atoms with van der Waals surface area (Å²) >= 11 is 0. The van der Waals surface area contributed by atoms with Crippen LogP contribution in [0.2, 0.25) is 0 Å². The number of sulfonamides is 1. The van der Waals surface area contributed by atoms with E-state index < -0.39 is 21.7 Å². The van der Waals surface area contributed by atoms with E-state index in [2.05, 4.69) is 10.0 Å². The van der Waals surface area contributed by atoms with Crippen molar-refractivity contribution in [3.63, 3.8) is 0 Å². The van der Waals surface area contributed by atoms with Crippen LogP contribution in [-0.4, -0.2) is 27.4 Å². The van der Waals surface area contributed by atoms with Crippen molar-refractivity contribution in [3.05, 3.63) is 65.7 Å². The Morgan fingerprint density at radius 2 is 1.62 bits per heavy atom. The highest BCUT2D eigenvalue weighted by Crippen LogP contribution is 2.09. The molecular weight excluding hydrogens is 338 g/mol. The summed E-state index contributed by atoms with van der Waals surface area (Å²) in [5.41, 5.74) is 0.521. The molecule has 0 heterocycles. The summed E-state index contributed by atoms with van der Waals surface area (Å²) < 4.78 is 52.2. The molecule has 2 aromatic rings. The highest BCUT2D eigenvalue weighted by atomic mass is 32.2. The van der Waals surface area contributed by atoms with E-state index in [0.717, 1.165) is 12.1 Å². The van der Waals surface area contributed by atoms with Crippen LogP contribution in [0, 0.1) is 11.6 Å². The first-order valence-electron chi connectivity index (χ1n) is 7.13. The minimum absolute atomic E-state index is 0.00555. The Labute approximate surface area is 138 Å². The molecule has 0 unspecified atom stereocenters. The average Bonchev–Trinajstić information content (AvgIpc) is 2.52. The lowest BCUT2D eigenvalue weighted by Gasteiger charge is -2.08. The number of carbonyl (C=O) groups is 1. The number of carbonyl (C=O) groups excluding carboxylic acids is 1. The molecule has 0 saturated carbocycles. The maximum Gasteiger partial charge on any atom is 0.240 e. The second kappa shape index (κ2) is 7.98. The molecule has 0 spiro atoms. The van der Waals surface area contributed by atoms with Gasteiger partial charge in [0, 0.05) is 13.1 Å². The van der Waals surface area contributed by atoms with Gasteiger partial charge in [0.15, 0.2) is 0 Å². The molecular formula is C16H16F2N2O3S. The van der Waals surface area contributed by atoms with Gasteiger partial charge in [-0.2, -0.15) is 0 Å². The summed E-state index contributed by atoms with van der Waals surface area (Å²) in [4.78, 5) is 11.5. The number of amides is 1. The first-order valence-corrected chi connectivity index (χ1v) is 8.61. The van der Waals surface area contributed by atoms with Gasteiger partial charge < -0.3 is 5.32 Å². The molecule has 0 bridgehead atoms. The summed E-state index contributed by atoms with van der Waals surface area (Å²) in [6.45, 7) is 0.0103. The summed E-state index contributed by atoms with van der Waals surface area (Å²) in [6.07, 6.45) is -0.00555. The monoisotopic (exact) mass is 354 g/mol. The Morgan fingerprint density at radius 3 is 2.29 bits per heavy atom. The number of hydrogen-bond acceptors (Lipinski definition) is 3. The fourth-order valence-electron chi connectivity index (χ4n) is 2.00. The third-order valence-electron chi connectivity index (χ3n) is 3.10. The number of halogens is 2. The molecule has 2 rings (SSSR count). The predicted molar refractivity (Wildman–Crippen MR) is 84.7 cm³/mol. The van der Waals surface area contributed by atoms with E-state index in [9.17, 15) is 22.0 Å². The minimum atomic E-state index is -3.84. The van der Waals surface area contributed by atoms with Crippen molar-refractivity contribution < 1.29 is 22.0 Å². The third kappa shape index (κ3) is 5.39. The van der Waals surface area contributed by atoms with E-state index in [1.165, 1.54) is 30.3 Å². The van der Waals surface area contributed by atoms with Crippen molar-refractivity contribution in [2.75, 3.05) is 13.1 Å². The maximum absolute atomic E-state index is 13.1. The molecule has 0 aliphatic carbocycles. The van der Waals surface area contributed by atoms with Gasteiger partial charge in [0.1, 0.15) is 11.6 Å². The molecule has 0 radical (unpaired) electrons. The molecule has 0 atom stereocenters. The highest BCUT2D eigenvalue weighted by molar-refractivity contribution is 7.89. The SMILES string of the molecule is O=C(Cc1cccc(F)c1)NCCNS(=O)(=O)c1cccc(F)c1. The van der Waals surface area contributed by atoms with Crippen LogP contribution in [0.15, 0.2) is 53.4 Å². The summed E-state index contributed by atoms with van der Waals surface area (Å²) in [5.74, 6) is -1.44. The van der Waals surface area contributed by atoms with E-state index >= 15 is 0 Å². The van der Waals surface area contributed by atoms with Crippen molar-refractivity contribution in [3.8, 4) is 0 Å². The zero-order valence-electron chi connectivity index (χ0n) is 12.6. The van der Waals surface area contributed by atoms with Gasteiger partial charge in [0.2, 0.25) is 15.9 Å². The number of nitrogens with one attached hydrogen (secondary N) is 2. The molecule has 0 aromatic heterocycles. The van der Waals surface area contributed by atoms with Crippen LogP contribution < -0.4 is 10.0 Å². The lowest BCUT2D eigenvalue weighted by atomic mass is 10.1. The van der Waals surface area contributed by atoms with Gasteiger partial charge in [-0.15, -0.1) is 0 Å². The Hall–Kier alpha value is -2.32. The smallest absolute Gasteiger partial charge is 0.240 e. The normalized spacial score (nSPS) is 11.2. The molecule has 1 amide bonds. The molecule has 0 aliphatic heterocycles. The van der Waals surface area contributed by atoms with Crippen molar-refractivity contribution >= 4 is 15.9 Å². The second-order valence-corrected chi connectivity index (χ2v) is 6.78. The van der Waals surface area contributed by atoms with Crippen LogP contribution in [0.4, 0.5) is 8.78 Å². The van der Waals surface area contributed by atoms with E-state index in [1.54, 1.807) is 6.07 Å². The van der Waals surface area contributed by atoms with E-state index in [4.69, 9.17) is 0 Å². The van der Waals surface area contributed by atoms with Crippen LogP contribution in [0.5, 0.6) is 0 Å². The van der Waals surface area contributed by atoms with Crippen LogP contribution >= 0.6 is 0 Å². The topological polar surface area (TPSA) is 75.3 Å². The Morgan fingerprint density at radius 1 is 0.958 bits per heavy atom. The first-order chi connectivity index (χ1) is 11.4. The standard InChI is InChI=1S/C16H16F2N2O3S/c17-13-4-1-3-12(9-13)10-16(21)19-7-8-20-24(22,23)15-6-2-5-14(18)11-15/h1-6,9,11,20H,7-8,10H2,(H,19,21). The van der Waals surface area contributed by atoms with Gasteiger partial charge in [-0.3, -0.25) is 4.79 Å². The molecule has 0 fully saturated rings. The lowest BCUT2D eigenvalue weighted by molar-refractivity contribution is -0.120. The third-order valence-corrected chi connectivity index (χ3v) is 4.56. The Bertz CT molecular complexity index is 826. The number of benzene rings is 2. The fourth-order valence-corrected chi connectivity index (χ4v) is 3.06. The van der Waals surface area contributed by atoms with Crippen LogP contribution in [0.25, 0.3) is 0 Å². The first kappa shape index (κ1) is 18.0. The zero-order valence-corrected chi connectivity index (χ0v) is 13.4.